The number of rotatable bonds is 5. The Balaban J connectivity index is 2.46. The molecule has 0 aliphatic carbocycles. The fourth-order valence-corrected chi connectivity index (χ4v) is 1.48. The highest BCUT2D eigenvalue weighted by Crippen LogP contribution is 2.17. The van der Waals surface area contributed by atoms with Crippen LogP contribution in [0.15, 0.2) is 10.7 Å². The molecule has 0 fully saturated rings. The lowest BCUT2D eigenvalue weighted by Gasteiger charge is -2.16. The molecule has 0 saturated carbocycles. The molecule has 0 radical (unpaired) electrons. The van der Waals surface area contributed by atoms with E-state index in [9.17, 15) is 4.79 Å². The number of hydrogen-bond donors (Lipinski definition) is 2. The van der Waals surface area contributed by atoms with Gasteiger partial charge in [0.05, 0.1) is 17.2 Å². The van der Waals surface area contributed by atoms with Gasteiger partial charge in [0.1, 0.15) is 5.82 Å². The Bertz CT molecular complexity index is 322. The van der Waals surface area contributed by atoms with Crippen LogP contribution >= 0.6 is 15.9 Å². The lowest BCUT2D eigenvalue weighted by atomic mass is 10.4. The highest BCUT2D eigenvalue weighted by molar-refractivity contribution is 9.10. The van der Waals surface area contributed by atoms with Crippen molar-refractivity contribution in [3.05, 3.63) is 10.7 Å². The van der Waals surface area contributed by atoms with Gasteiger partial charge in [-0.1, -0.05) is 13.8 Å². The zero-order chi connectivity index (χ0) is 11.3. The molecule has 1 aromatic rings. The van der Waals surface area contributed by atoms with Crippen molar-refractivity contribution in [2.75, 3.05) is 25.0 Å². The van der Waals surface area contributed by atoms with Gasteiger partial charge in [0, 0.05) is 0 Å². The Kier molecular flexibility index (Phi) is 4.77. The maximum Gasteiger partial charge on any atom is 0.239 e. The number of nitrogens with one attached hydrogen (secondary N) is 2. The van der Waals surface area contributed by atoms with E-state index in [4.69, 9.17) is 0 Å². The third kappa shape index (κ3) is 3.64. The van der Waals surface area contributed by atoms with E-state index in [0.717, 1.165) is 17.6 Å². The predicted molar refractivity (Wildman–Crippen MR) is 62.7 cm³/mol. The van der Waals surface area contributed by atoms with Crippen molar-refractivity contribution < 1.29 is 4.79 Å². The zero-order valence-corrected chi connectivity index (χ0v) is 10.5. The average Bonchev–Trinajstić information content (AvgIpc) is 2.61. The van der Waals surface area contributed by atoms with Gasteiger partial charge in [-0.3, -0.25) is 14.8 Å². The molecule has 0 unspecified atom stereocenters. The first-order valence-corrected chi connectivity index (χ1v) is 5.67. The van der Waals surface area contributed by atoms with Crippen LogP contribution in [0.3, 0.4) is 0 Å². The molecule has 5 nitrogen and oxygen atoms in total. The summed E-state index contributed by atoms with van der Waals surface area (Å²) in [4.78, 5) is 13.6. The maximum atomic E-state index is 11.6. The molecule has 0 aliphatic rings. The Hall–Kier alpha value is -0.880. The number of carbonyl (C=O) groups excluding carboxylic acids is 1. The van der Waals surface area contributed by atoms with Crippen LogP contribution in [0.4, 0.5) is 5.82 Å². The molecule has 0 spiro atoms. The molecule has 0 aromatic carbocycles. The second-order valence-corrected chi connectivity index (χ2v) is 3.96. The quantitative estimate of drug-likeness (QED) is 0.855. The number of aromatic amines is 1. The van der Waals surface area contributed by atoms with Crippen molar-refractivity contribution in [3.8, 4) is 0 Å². The molecule has 1 aromatic heterocycles. The summed E-state index contributed by atoms with van der Waals surface area (Å²) in [5.74, 6) is 0.566. The van der Waals surface area contributed by atoms with E-state index < -0.39 is 0 Å². The number of halogens is 1. The molecular weight excluding hydrogens is 260 g/mol. The number of H-pyrrole nitrogens is 1. The summed E-state index contributed by atoms with van der Waals surface area (Å²) in [7, 11) is 0. The number of hydrogen-bond acceptors (Lipinski definition) is 3. The first kappa shape index (κ1) is 12.2. The fraction of sp³-hybridized carbons (Fsp3) is 0.556. The number of nitrogens with zero attached hydrogens (tertiary/aromatic N) is 2. The van der Waals surface area contributed by atoms with Gasteiger partial charge in [0.15, 0.2) is 0 Å². The third-order valence-electron chi connectivity index (χ3n) is 2.12. The fourth-order valence-electron chi connectivity index (χ4n) is 1.19. The third-order valence-corrected chi connectivity index (χ3v) is 2.72. The molecule has 15 heavy (non-hydrogen) atoms. The Morgan fingerprint density at radius 1 is 1.60 bits per heavy atom. The molecular formula is C9H15BrN4O. The van der Waals surface area contributed by atoms with E-state index >= 15 is 0 Å². The van der Waals surface area contributed by atoms with E-state index in [0.29, 0.717) is 12.4 Å². The number of amides is 1. The summed E-state index contributed by atoms with van der Waals surface area (Å²) in [6.07, 6.45) is 1.60. The Morgan fingerprint density at radius 3 is 2.73 bits per heavy atom. The van der Waals surface area contributed by atoms with E-state index in [1.54, 1.807) is 6.20 Å². The smallest absolute Gasteiger partial charge is 0.239 e. The van der Waals surface area contributed by atoms with Crippen molar-refractivity contribution in [1.29, 1.82) is 0 Å². The summed E-state index contributed by atoms with van der Waals surface area (Å²) >= 11 is 3.27. The lowest BCUT2D eigenvalue weighted by molar-refractivity contribution is -0.117. The summed E-state index contributed by atoms with van der Waals surface area (Å²) in [5.41, 5.74) is 0. The molecule has 1 heterocycles. The van der Waals surface area contributed by atoms with Gasteiger partial charge in [0.25, 0.3) is 0 Å². The van der Waals surface area contributed by atoms with Gasteiger partial charge in [-0.05, 0) is 29.0 Å². The molecule has 1 rings (SSSR count). The number of aromatic nitrogens is 2. The van der Waals surface area contributed by atoms with Gasteiger partial charge < -0.3 is 5.32 Å². The molecule has 84 valence electrons. The van der Waals surface area contributed by atoms with E-state index in [1.807, 2.05) is 18.7 Å². The minimum atomic E-state index is -0.0383. The number of carbonyl (C=O) groups is 1. The number of anilines is 1. The van der Waals surface area contributed by atoms with Crippen molar-refractivity contribution in [3.63, 3.8) is 0 Å². The lowest BCUT2D eigenvalue weighted by Crippen LogP contribution is -2.33. The highest BCUT2D eigenvalue weighted by Gasteiger charge is 2.09. The second kappa shape index (κ2) is 5.87. The number of likely N-dealkylation sites (N-methyl/N-ethyl adjacent to an activating group) is 1. The van der Waals surface area contributed by atoms with Gasteiger partial charge >= 0.3 is 0 Å². The summed E-state index contributed by atoms with van der Waals surface area (Å²) in [6, 6.07) is 0. The van der Waals surface area contributed by atoms with Crippen LogP contribution in [0.1, 0.15) is 13.8 Å². The van der Waals surface area contributed by atoms with Crippen molar-refractivity contribution in [1.82, 2.24) is 15.1 Å². The molecule has 0 aliphatic heterocycles. The van der Waals surface area contributed by atoms with Crippen LogP contribution in [0.25, 0.3) is 0 Å². The van der Waals surface area contributed by atoms with E-state index in [-0.39, 0.29) is 5.91 Å². The van der Waals surface area contributed by atoms with Gasteiger partial charge in [-0.15, -0.1) is 0 Å². The Labute approximate surface area is 97.4 Å². The van der Waals surface area contributed by atoms with Crippen molar-refractivity contribution in [2.45, 2.75) is 13.8 Å². The van der Waals surface area contributed by atoms with Crippen LogP contribution < -0.4 is 5.32 Å². The van der Waals surface area contributed by atoms with E-state index in [1.165, 1.54) is 0 Å². The molecule has 1 amide bonds. The normalized spacial score (nSPS) is 10.7. The second-order valence-electron chi connectivity index (χ2n) is 3.10. The largest absolute Gasteiger partial charge is 0.309 e. The van der Waals surface area contributed by atoms with Crippen LogP contribution in [-0.4, -0.2) is 40.6 Å². The molecule has 0 atom stereocenters. The predicted octanol–water partition coefficient (Wildman–Crippen LogP) is 1.45. The first-order valence-electron chi connectivity index (χ1n) is 4.88. The van der Waals surface area contributed by atoms with Crippen LogP contribution in [0.2, 0.25) is 0 Å². The van der Waals surface area contributed by atoms with Gasteiger partial charge in [-0.25, -0.2) is 0 Å². The molecule has 2 N–H and O–H groups in total. The van der Waals surface area contributed by atoms with Crippen LogP contribution in [0.5, 0.6) is 0 Å². The first-order chi connectivity index (χ1) is 7.17. The van der Waals surface area contributed by atoms with Gasteiger partial charge in [0.2, 0.25) is 5.91 Å². The minimum Gasteiger partial charge on any atom is -0.309 e. The average molecular weight is 275 g/mol. The molecule has 0 saturated heterocycles. The Morgan fingerprint density at radius 2 is 2.27 bits per heavy atom. The topological polar surface area (TPSA) is 61.0 Å². The highest BCUT2D eigenvalue weighted by atomic mass is 79.9. The summed E-state index contributed by atoms with van der Waals surface area (Å²) in [5, 5.41) is 9.24. The van der Waals surface area contributed by atoms with Crippen molar-refractivity contribution >= 4 is 27.7 Å². The summed E-state index contributed by atoms with van der Waals surface area (Å²) < 4.78 is 0.760. The zero-order valence-electron chi connectivity index (χ0n) is 8.88. The van der Waals surface area contributed by atoms with Crippen LogP contribution in [-0.2, 0) is 4.79 Å². The SMILES string of the molecule is CCN(CC)CC(=O)Nc1[nH]ncc1Br. The van der Waals surface area contributed by atoms with Gasteiger partial charge in [-0.2, -0.15) is 5.10 Å². The molecule has 0 bridgehead atoms. The molecule has 6 heteroatoms. The minimum absolute atomic E-state index is 0.0383. The van der Waals surface area contributed by atoms with E-state index in [2.05, 4.69) is 31.4 Å². The maximum absolute atomic E-state index is 11.6. The standard InChI is InChI=1S/C9H15BrN4O/c1-3-14(4-2)6-8(15)12-9-7(10)5-11-13-9/h5H,3-4,6H2,1-2H3,(H2,11,12,13,15). The monoisotopic (exact) mass is 274 g/mol. The summed E-state index contributed by atoms with van der Waals surface area (Å²) in [6.45, 7) is 6.20. The van der Waals surface area contributed by atoms with Crippen molar-refractivity contribution in [2.24, 2.45) is 0 Å². The van der Waals surface area contributed by atoms with Crippen LogP contribution in [0, 0.1) is 0 Å².